The summed E-state index contributed by atoms with van der Waals surface area (Å²) in [6, 6.07) is 0.908. The van der Waals surface area contributed by atoms with E-state index in [1.807, 2.05) is 6.92 Å². The van der Waals surface area contributed by atoms with Crippen molar-refractivity contribution in [3.05, 3.63) is 0 Å². The number of carbonyl (C=O) groups is 1. The third-order valence-corrected chi connectivity index (χ3v) is 4.69. The number of hydrogen-bond donors (Lipinski definition) is 0. The molecule has 0 aromatic rings. The summed E-state index contributed by atoms with van der Waals surface area (Å²) in [6.45, 7) is 6.28. The van der Waals surface area contributed by atoms with Gasteiger partial charge in [-0.1, -0.05) is 0 Å². The summed E-state index contributed by atoms with van der Waals surface area (Å²) < 4.78 is 21.1. The standard InChI is InChI=1S/C11H22O5Si/c1-3-13-9-17(16-10(2)12)6-4-5-14-7-11-8-15-11/h11,17H,3-9H2,1-2H3. The van der Waals surface area contributed by atoms with E-state index in [-0.39, 0.29) is 5.97 Å². The predicted octanol–water partition coefficient (Wildman–Crippen LogP) is 0.654. The van der Waals surface area contributed by atoms with Crippen LogP contribution in [-0.2, 0) is 23.4 Å². The predicted molar refractivity (Wildman–Crippen MR) is 65.4 cm³/mol. The highest BCUT2D eigenvalue weighted by Gasteiger charge is 2.22. The van der Waals surface area contributed by atoms with Crippen LogP contribution in [0.15, 0.2) is 0 Å². The average Bonchev–Trinajstić information content (AvgIpc) is 3.08. The Morgan fingerprint density at radius 3 is 2.82 bits per heavy atom. The largest absolute Gasteiger partial charge is 0.520 e. The minimum atomic E-state index is -1.54. The second kappa shape index (κ2) is 8.63. The summed E-state index contributed by atoms with van der Waals surface area (Å²) in [7, 11) is -1.54. The fourth-order valence-corrected chi connectivity index (χ4v) is 3.39. The number of rotatable bonds is 10. The molecule has 0 saturated carbocycles. The smallest absolute Gasteiger partial charge is 0.289 e. The summed E-state index contributed by atoms with van der Waals surface area (Å²) >= 11 is 0. The van der Waals surface area contributed by atoms with Gasteiger partial charge in [-0.2, -0.15) is 0 Å². The second-order valence-corrected chi connectivity index (χ2v) is 6.45. The van der Waals surface area contributed by atoms with E-state index >= 15 is 0 Å². The van der Waals surface area contributed by atoms with Crippen molar-refractivity contribution in [1.29, 1.82) is 0 Å². The lowest BCUT2D eigenvalue weighted by molar-refractivity contribution is -0.132. The molecule has 1 aliphatic rings. The maximum absolute atomic E-state index is 10.9. The molecule has 1 fully saturated rings. The number of hydrogen-bond acceptors (Lipinski definition) is 5. The van der Waals surface area contributed by atoms with E-state index in [9.17, 15) is 4.79 Å². The van der Waals surface area contributed by atoms with E-state index in [1.54, 1.807) is 0 Å². The van der Waals surface area contributed by atoms with Gasteiger partial charge in [-0.15, -0.1) is 0 Å². The van der Waals surface area contributed by atoms with Crippen LogP contribution in [0.1, 0.15) is 20.3 Å². The number of ether oxygens (including phenoxy) is 3. The Morgan fingerprint density at radius 1 is 1.47 bits per heavy atom. The van der Waals surface area contributed by atoms with Crippen LogP contribution in [0, 0.1) is 0 Å². The monoisotopic (exact) mass is 262 g/mol. The Balaban J connectivity index is 2.01. The lowest BCUT2D eigenvalue weighted by Gasteiger charge is -2.14. The first-order chi connectivity index (χ1) is 8.22. The van der Waals surface area contributed by atoms with Gasteiger partial charge in [0.15, 0.2) is 0 Å². The van der Waals surface area contributed by atoms with Crippen LogP contribution in [0.5, 0.6) is 0 Å². The Kier molecular flexibility index (Phi) is 7.42. The molecule has 0 spiro atoms. The molecule has 1 heterocycles. The van der Waals surface area contributed by atoms with E-state index in [2.05, 4.69) is 0 Å². The van der Waals surface area contributed by atoms with E-state index in [1.165, 1.54) is 6.92 Å². The molecule has 2 atom stereocenters. The van der Waals surface area contributed by atoms with Gasteiger partial charge in [0.25, 0.3) is 15.0 Å². The van der Waals surface area contributed by atoms with Gasteiger partial charge in [-0.25, -0.2) is 0 Å². The van der Waals surface area contributed by atoms with Gasteiger partial charge in [0.2, 0.25) is 0 Å². The first kappa shape index (κ1) is 14.6. The molecule has 1 saturated heterocycles. The lowest BCUT2D eigenvalue weighted by Crippen LogP contribution is -2.28. The molecule has 100 valence electrons. The van der Waals surface area contributed by atoms with E-state index in [4.69, 9.17) is 18.6 Å². The highest BCUT2D eigenvalue weighted by Crippen LogP contribution is 2.09. The maximum atomic E-state index is 10.9. The van der Waals surface area contributed by atoms with Crippen molar-refractivity contribution in [1.82, 2.24) is 0 Å². The Labute approximate surface area is 104 Å². The minimum absolute atomic E-state index is 0.200. The fraction of sp³-hybridized carbons (Fsp3) is 0.909. The summed E-state index contributed by atoms with van der Waals surface area (Å²) in [5, 5.41) is 0. The first-order valence-electron chi connectivity index (χ1n) is 6.16. The zero-order valence-corrected chi connectivity index (χ0v) is 11.8. The summed E-state index contributed by atoms with van der Waals surface area (Å²) in [6.07, 6.45) is 1.84. The van der Waals surface area contributed by atoms with Gasteiger partial charge in [-0.05, 0) is 19.4 Å². The lowest BCUT2D eigenvalue weighted by atomic mass is 10.5. The Morgan fingerprint density at radius 2 is 2.24 bits per heavy atom. The topological polar surface area (TPSA) is 57.3 Å². The van der Waals surface area contributed by atoms with Crippen molar-refractivity contribution in [3.63, 3.8) is 0 Å². The molecule has 1 rings (SSSR count). The van der Waals surface area contributed by atoms with Crippen molar-refractivity contribution in [2.75, 3.05) is 32.7 Å². The zero-order chi connectivity index (χ0) is 12.5. The number of carbonyl (C=O) groups excluding carboxylic acids is 1. The van der Waals surface area contributed by atoms with Gasteiger partial charge in [0, 0.05) is 20.1 Å². The van der Waals surface area contributed by atoms with Crippen LogP contribution in [0.3, 0.4) is 0 Å². The van der Waals surface area contributed by atoms with Crippen LogP contribution < -0.4 is 0 Å². The normalized spacial score (nSPS) is 20.0. The van der Waals surface area contributed by atoms with Crippen molar-refractivity contribution in [3.8, 4) is 0 Å². The van der Waals surface area contributed by atoms with Gasteiger partial charge in [-0.3, -0.25) is 4.79 Å². The van der Waals surface area contributed by atoms with E-state index in [0.29, 0.717) is 32.2 Å². The van der Waals surface area contributed by atoms with Gasteiger partial charge in [0.05, 0.1) is 19.4 Å². The van der Waals surface area contributed by atoms with Crippen LogP contribution in [-0.4, -0.2) is 53.8 Å². The molecule has 0 amide bonds. The van der Waals surface area contributed by atoms with Gasteiger partial charge in [0.1, 0.15) is 6.10 Å². The highest BCUT2D eigenvalue weighted by molar-refractivity contribution is 6.53. The van der Waals surface area contributed by atoms with E-state index < -0.39 is 9.04 Å². The SMILES string of the molecule is CCOC[SiH](CCCOCC1CO1)OC(C)=O. The summed E-state index contributed by atoms with van der Waals surface area (Å²) in [5.41, 5.74) is 0. The van der Waals surface area contributed by atoms with Gasteiger partial charge >= 0.3 is 0 Å². The minimum Gasteiger partial charge on any atom is -0.520 e. The number of epoxide rings is 1. The molecular formula is C11H22O5Si. The highest BCUT2D eigenvalue weighted by atomic mass is 28.3. The molecule has 0 aromatic carbocycles. The Hall–Kier alpha value is -0.433. The third kappa shape index (κ3) is 8.31. The molecule has 2 unspecified atom stereocenters. The molecule has 0 aromatic heterocycles. The molecule has 0 aliphatic carbocycles. The zero-order valence-electron chi connectivity index (χ0n) is 10.6. The quantitative estimate of drug-likeness (QED) is 0.329. The molecule has 6 heteroatoms. The van der Waals surface area contributed by atoms with Crippen molar-refractivity contribution < 1.29 is 23.4 Å². The first-order valence-corrected chi connectivity index (χ1v) is 8.27. The van der Waals surface area contributed by atoms with Crippen LogP contribution in [0.25, 0.3) is 0 Å². The van der Waals surface area contributed by atoms with Gasteiger partial charge < -0.3 is 18.6 Å². The molecule has 0 N–H and O–H groups in total. The maximum Gasteiger partial charge on any atom is 0.289 e. The van der Waals surface area contributed by atoms with Crippen LogP contribution in [0.2, 0.25) is 6.04 Å². The molecule has 0 bridgehead atoms. The Bertz CT molecular complexity index is 220. The van der Waals surface area contributed by atoms with Crippen molar-refractivity contribution in [2.24, 2.45) is 0 Å². The second-order valence-electron chi connectivity index (χ2n) is 4.06. The molecule has 17 heavy (non-hydrogen) atoms. The fourth-order valence-electron chi connectivity index (χ4n) is 1.45. The van der Waals surface area contributed by atoms with E-state index in [0.717, 1.165) is 19.1 Å². The molecule has 1 aliphatic heterocycles. The average molecular weight is 262 g/mol. The van der Waals surface area contributed by atoms with Crippen LogP contribution >= 0.6 is 0 Å². The molecule has 0 radical (unpaired) electrons. The third-order valence-electron chi connectivity index (χ3n) is 2.36. The summed E-state index contributed by atoms with van der Waals surface area (Å²) in [4.78, 5) is 10.9. The molecular weight excluding hydrogens is 240 g/mol. The van der Waals surface area contributed by atoms with Crippen molar-refractivity contribution in [2.45, 2.75) is 32.4 Å². The summed E-state index contributed by atoms with van der Waals surface area (Å²) in [5.74, 6) is -0.200. The van der Waals surface area contributed by atoms with Crippen LogP contribution in [0.4, 0.5) is 0 Å². The molecule has 5 nitrogen and oxygen atoms in total. The van der Waals surface area contributed by atoms with Crippen molar-refractivity contribution >= 4 is 15.0 Å².